The smallest absolute Gasteiger partial charge is 0.404 e. The number of ether oxygens (including phenoxy) is 1. The molecule has 0 fully saturated rings. The van der Waals surface area contributed by atoms with E-state index in [9.17, 15) is 21.6 Å². The number of H-pyrrole nitrogens is 1. The van der Waals surface area contributed by atoms with Crippen LogP contribution in [-0.2, 0) is 16.4 Å². The number of sulfonamides is 1. The van der Waals surface area contributed by atoms with Gasteiger partial charge in [-0.25, -0.2) is 8.42 Å². The van der Waals surface area contributed by atoms with E-state index < -0.39 is 22.1 Å². The van der Waals surface area contributed by atoms with Crippen molar-refractivity contribution in [2.24, 2.45) is 0 Å². The maximum atomic E-state index is 12.7. The zero-order valence-electron chi connectivity index (χ0n) is 13.7. The second kappa shape index (κ2) is 7.70. The summed E-state index contributed by atoms with van der Waals surface area (Å²) in [6, 6.07) is 8.95. The van der Waals surface area contributed by atoms with E-state index in [2.05, 4.69) is 14.4 Å². The number of nitrogens with zero attached hydrogens (tertiary/aromatic N) is 1. The van der Waals surface area contributed by atoms with Crippen LogP contribution in [0.15, 0.2) is 30.3 Å². The molecule has 0 radical (unpaired) electrons. The summed E-state index contributed by atoms with van der Waals surface area (Å²) in [6.07, 6.45) is -4.54. The molecule has 2 rings (SSSR count). The number of anilines is 1. The fraction of sp³-hybridized carbons (Fsp3) is 0.312. The van der Waals surface area contributed by atoms with Crippen molar-refractivity contribution in [3.8, 4) is 23.1 Å². The summed E-state index contributed by atoms with van der Waals surface area (Å²) >= 11 is 0. The van der Waals surface area contributed by atoms with E-state index in [0.717, 1.165) is 6.07 Å². The summed E-state index contributed by atoms with van der Waals surface area (Å²) in [6.45, 7) is 1.64. The molecular weight excluding hydrogens is 371 g/mol. The number of hydrogen-bond donors (Lipinski definition) is 2. The summed E-state index contributed by atoms with van der Waals surface area (Å²) in [7, 11) is -3.78. The lowest BCUT2D eigenvalue weighted by Crippen LogP contribution is -2.21. The Labute approximate surface area is 148 Å². The maximum absolute atomic E-state index is 12.7. The number of nitrogens with one attached hydrogen (secondary N) is 2. The summed E-state index contributed by atoms with van der Waals surface area (Å²) in [4.78, 5) is 2.91. The molecule has 2 N–H and O–H groups in total. The molecular formula is C16H16F3N3O3S. The van der Waals surface area contributed by atoms with E-state index in [1.54, 1.807) is 19.1 Å². The minimum Gasteiger partial charge on any atom is -0.404 e. The number of rotatable bonds is 7. The van der Waals surface area contributed by atoms with Crippen molar-refractivity contribution in [2.75, 3.05) is 10.5 Å². The summed E-state index contributed by atoms with van der Waals surface area (Å²) in [5.74, 6) is -0.889. The number of aromatic nitrogens is 1. The van der Waals surface area contributed by atoms with Crippen molar-refractivity contribution >= 4 is 15.7 Å². The molecule has 0 aliphatic heterocycles. The van der Waals surface area contributed by atoms with E-state index in [1.807, 2.05) is 6.07 Å². The van der Waals surface area contributed by atoms with Gasteiger partial charge in [0.25, 0.3) is 0 Å². The Bertz CT molecular complexity index is 915. The van der Waals surface area contributed by atoms with Crippen LogP contribution in [-0.4, -0.2) is 25.5 Å². The van der Waals surface area contributed by atoms with Crippen molar-refractivity contribution in [3.05, 3.63) is 36.0 Å². The zero-order chi connectivity index (χ0) is 19.4. The highest BCUT2D eigenvalue weighted by Crippen LogP contribution is 2.35. The SMILES string of the molecule is CCCS(=O)(=O)Nc1ccc(-c2ccc(CC#N)[nH]2)cc1OC(F)(F)F. The first-order valence-electron chi connectivity index (χ1n) is 7.59. The fourth-order valence-electron chi connectivity index (χ4n) is 2.27. The quantitative estimate of drug-likeness (QED) is 0.755. The zero-order valence-corrected chi connectivity index (χ0v) is 14.5. The van der Waals surface area contributed by atoms with Crippen molar-refractivity contribution in [1.82, 2.24) is 4.98 Å². The van der Waals surface area contributed by atoms with E-state index in [1.165, 1.54) is 12.1 Å². The largest absolute Gasteiger partial charge is 0.573 e. The highest BCUT2D eigenvalue weighted by Gasteiger charge is 2.33. The molecule has 26 heavy (non-hydrogen) atoms. The number of alkyl halides is 3. The molecule has 10 heteroatoms. The maximum Gasteiger partial charge on any atom is 0.573 e. The van der Waals surface area contributed by atoms with Gasteiger partial charge in [-0.1, -0.05) is 13.0 Å². The third kappa shape index (κ3) is 5.42. The van der Waals surface area contributed by atoms with Gasteiger partial charge >= 0.3 is 6.36 Å². The molecule has 0 saturated carbocycles. The van der Waals surface area contributed by atoms with Gasteiger partial charge in [0.15, 0.2) is 5.75 Å². The predicted octanol–water partition coefficient (Wildman–Crippen LogP) is 3.80. The molecule has 2 aromatic rings. The highest BCUT2D eigenvalue weighted by molar-refractivity contribution is 7.92. The Morgan fingerprint density at radius 3 is 2.62 bits per heavy atom. The molecule has 1 aromatic carbocycles. The summed E-state index contributed by atoms with van der Waals surface area (Å²) < 4.78 is 67.9. The third-order valence-corrected chi connectivity index (χ3v) is 4.75. The lowest BCUT2D eigenvalue weighted by molar-refractivity contribution is -0.274. The average molecular weight is 387 g/mol. The van der Waals surface area contributed by atoms with Crippen LogP contribution in [0.5, 0.6) is 5.75 Å². The standard InChI is InChI=1S/C16H16F3N3O3S/c1-2-9-26(23,24)22-14-5-3-11(10-15(14)25-16(17,18)19)13-6-4-12(21-13)7-8-20/h3-6,10,21-22H,2,7,9H2,1H3. The van der Waals surface area contributed by atoms with Gasteiger partial charge in [-0.2, -0.15) is 5.26 Å². The van der Waals surface area contributed by atoms with Crippen LogP contribution >= 0.6 is 0 Å². The van der Waals surface area contributed by atoms with Crippen LogP contribution in [0, 0.1) is 11.3 Å². The van der Waals surface area contributed by atoms with Crippen molar-refractivity contribution in [2.45, 2.75) is 26.1 Å². The number of hydrogen-bond acceptors (Lipinski definition) is 4. The molecule has 0 spiro atoms. The highest BCUT2D eigenvalue weighted by atomic mass is 32.2. The van der Waals surface area contributed by atoms with Crippen LogP contribution in [0.4, 0.5) is 18.9 Å². The predicted molar refractivity (Wildman–Crippen MR) is 89.9 cm³/mol. The molecule has 0 atom stereocenters. The first-order chi connectivity index (χ1) is 12.1. The van der Waals surface area contributed by atoms with E-state index >= 15 is 0 Å². The second-order valence-corrected chi connectivity index (χ2v) is 7.25. The van der Waals surface area contributed by atoms with Gasteiger partial charge in [0.05, 0.1) is 23.9 Å². The Morgan fingerprint density at radius 1 is 1.27 bits per heavy atom. The third-order valence-electron chi connectivity index (χ3n) is 3.27. The lowest BCUT2D eigenvalue weighted by atomic mass is 10.1. The lowest BCUT2D eigenvalue weighted by Gasteiger charge is -2.16. The molecule has 0 unspecified atom stereocenters. The first kappa shape index (κ1) is 19.7. The normalized spacial score (nSPS) is 11.8. The Hall–Kier alpha value is -2.67. The van der Waals surface area contributed by atoms with Gasteiger partial charge in [0, 0.05) is 17.0 Å². The first-order valence-corrected chi connectivity index (χ1v) is 9.24. The molecule has 0 saturated heterocycles. The van der Waals surface area contributed by atoms with Gasteiger partial charge in [-0.15, -0.1) is 13.2 Å². The molecule has 1 heterocycles. The van der Waals surface area contributed by atoms with Gasteiger partial charge in [0.1, 0.15) is 0 Å². The van der Waals surface area contributed by atoms with Gasteiger partial charge in [-0.05, 0) is 30.7 Å². The second-order valence-electron chi connectivity index (χ2n) is 5.41. The van der Waals surface area contributed by atoms with Gasteiger partial charge < -0.3 is 9.72 Å². The minimum absolute atomic E-state index is 0.126. The monoisotopic (exact) mass is 387 g/mol. The number of aromatic amines is 1. The molecule has 0 aliphatic rings. The van der Waals surface area contributed by atoms with Gasteiger partial charge in [0.2, 0.25) is 10.0 Å². The molecule has 0 bridgehead atoms. The van der Waals surface area contributed by atoms with Crippen molar-refractivity contribution in [1.29, 1.82) is 5.26 Å². The Morgan fingerprint density at radius 2 is 2.00 bits per heavy atom. The van der Waals surface area contributed by atoms with E-state index in [4.69, 9.17) is 5.26 Å². The Balaban J connectivity index is 2.41. The summed E-state index contributed by atoms with van der Waals surface area (Å²) in [5.41, 5.74) is 1.13. The average Bonchev–Trinajstić information content (AvgIpc) is 2.96. The van der Waals surface area contributed by atoms with Crippen LogP contribution in [0.25, 0.3) is 11.3 Å². The molecule has 6 nitrogen and oxygen atoms in total. The fourth-order valence-corrected chi connectivity index (χ4v) is 3.41. The minimum atomic E-state index is -4.98. The van der Waals surface area contributed by atoms with Crippen molar-refractivity contribution < 1.29 is 26.3 Å². The van der Waals surface area contributed by atoms with Crippen molar-refractivity contribution in [3.63, 3.8) is 0 Å². The van der Waals surface area contributed by atoms with E-state index in [0.29, 0.717) is 23.4 Å². The topological polar surface area (TPSA) is 95.0 Å². The Kier molecular flexibility index (Phi) is 5.82. The van der Waals surface area contributed by atoms with Crippen LogP contribution in [0.1, 0.15) is 19.0 Å². The van der Waals surface area contributed by atoms with Gasteiger partial charge in [-0.3, -0.25) is 4.72 Å². The number of nitriles is 1. The molecule has 0 aliphatic carbocycles. The molecule has 0 amide bonds. The molecule has 140 valence electrons. The van der Waals surface area contributed by atoms with E-state index in [-0.39, 0.29) is 17.9 Å². The summed E-state index contributed by atoms with van der Waals surface area (Å²) in [5, 5.41) is 8.68. The van der Waals surface area contributed by atoms with Crippen LogP contribution < -0.4 is 9.46 Å². The van der Waals surface area contributed by atoms with Crippen LogP contribution in [0.2, 0.25) is 0 Å². The number of benzene rings is 1. The number of halogens is 3. The van der Waals surface area contributed by atoms with Crippen LogP contribution in [0.3, 0.4) is 0 Å². The molecule has 1 aromatic heterocycles.